The lowest BCUT2D eigenvalue weighted by Gasteiger charge is -2.17. The van der Waals surface area contributed by atoms with Gasteiger partial charge in [-0.05, 0) is 50.6 Å². The van der Waals surface area contributed by atoms with Crippen LogP contribution < -0.4 is 9.47 Å². The van der Waals surface area contributed by atoms with Crippen molar-refractivity contribution in [3.8, 4) is 23.0 Å². The molecule has 0 amide bonds. The van der Waals surface area contributed by atoms with E-state index in [0.29, 0.717) is 50.1 Å². The number of aromatic nitrogens is 1. The monoisotopic (exact) mass is 453 g/mol. The molecule has 0 saturated heterocycles. The zero-order valence-corrected chi connectivity index (χ0v) is 19.6. The van der Waals surface area contributed by atoms with Crippen LogP contribution >= 0.6 is 0 Å². The number of methoxy groups -OCH3 is 1. The molecular weight excluding hydrogens is 422 g/mol. The molecule has 0 aliphatic carbocycles. The third-order valence-corrected chi connectivity index (χ3v) is 5.08. The lowest BCUT2D eigenvalue weighted by molar-refractivity contribution is -0.156. The van der Waals surface area contributed by atoms with Crippen LogP contribution in [0.2, 0.25) is 0 Å². The molecule has 3 rings (SSSR count). The first-order valence-electron chi connectivity index (χ1n) is 11.1. The molecule has 0 bridgehead atoms. The second-order valence-corrected chi connectivity index (χ2v) is 7.37. The summed E-state index contributed by atoms with van der Waals surface area (Å²) in [6, 6.07) is 15.4. The van der Waals surface area contributed by atoms with E-state index in [2.05, 4.69) is 4.98 Å². The average molecular weight is 454 g/mol. The Balaban J connectivity index is 1.62. The standard InChI is InChI=1S/C26H31NO6/c1-5-30-24(26(28)31-6-2)17-19-12-13-22(23(16-19)29-4)32-15-14-21-18(3)33-25(27-21)20-10-8-7-9-11-20/h7-13,16,24H,5-6,14-15,17H2,1-4H3. The van der Waals surface area contributed by atoms with E-state index in [-0.39, 0.29) is 5.97 Å². The van der Waals surface area contributed by atoms with Crippen molar-refractivity contribution in [2.75, 3.05) is 26.9 Å². The number of carbonyl (C=O) groups excluding carboxylic acids is 1. The molecule has 7 heteroatoms. The number of ether oxygens (including phenoxy) is 4. The fourth-order valence-electron chi connectivity index (χ4n) is 3.44. The number of nitrogens with zero attached hydrogens (tertiary/aromatic N) is 1. The van der Waals surface area contributed by atoms with Gasteiger partial charge in [-0.15, -0.1) is 0 Å². The van der Waals surface area contributed by atoms with Gasteiger partial charge in [-0.1, -0.05) is 24.3 Å². The predicted octanol–water partition coefficient (Wildman–Crippen LogP) is 4.79. The lowest BCUT2D eigenvalue weighted by atomic mass is 10.1. The Morgan fingerprint density at radius 3 is 2.55 bits per heavy atom. The Hall–Kier alpha value is -3.32. The smallest absolute Gasteiger partial charge is 0.335 e. The first-order valence-corrected chi connectivity index (χ1v) is 11.1. The molecule has 7 nitrogen and oxygen atoms in total. The van der Waals surface area contributed by atoms with E-state index >= 15 is 0 Å². The highest BCUT2D eigenvalue weighted by atomic mass is 16.6. The Morgan fingerprint density at radius 1 is 1.06 bits per heavy atom. The van der Waals surface area contributed by atoms with Crippen LogP contribution in [0.4, 0.5) is 0 Å². The van der Waals surface area contributed by atoms with Gasteiger partial charge >= 0.3 is 5.97 Å². The lowest BCUT2D eigenvalue weighted by Crippen LogP contribution is -2.29. The molecule has 0 radical (unpaired) electrons. The molecule has 1 unspecified atom stereocenters. The van der Waals surface area contributed by atoms with Gasteiger partial charge in [0.15, 0.2) is 17.6 Å². The van der Waals surface area contributed by atoms with Crippen molar-refractivity contribution in [1.29, 1.82) is 0 Å². The molecule has 176 valence electrons. The van der Waals surface area contributed by atoms with Crippen LogP contribution in [0.15, 0.2) is 52.9 Å². The Kier molecular flexibility index (Phi) is 8.89. The van der Waals surface area contributed by atoms with Crippen molar-refractivity contribution in [2.45, 2.75) is 39.7 Å². The second kappa shape index (κ2) is 12.1. The number of rotatable bonds is 12. The van der Waals surface area contributed by atoms with Crippen LogP contribution in [0, 0.1) is 6.92 Å². The quantitative estimate of drug-likeness (QED) is 0.365. The molecule has 33 heavy (non-hydrogen) atoms. The van der Waals surface area contributed by atoms with Gasteiger partial charge in [-0.25, -0.2) is 9.78 Å². The highest BCUT2D eigenvalue weighted by Gasteiger charge is 2.21. The fraction of sp³-hybridized carbons (Fsp3) is 0.385. The molecule has 1 atom stereocenters. The summed E-state index contributed by atoms with van der Waals surface area (Å²) >= 11 is 0. The van der Waals surface area contributed by atoms with E-state index < -0.39 is 6.10 Å². The highest BCUT2D eigenvalue weighted by molar-refractivity contribution is 5.75. The highest BCUT2D eigenvalue weighted by Crippen LogP contribution is 2.29. The van der Waals surface area contributed by atoms with Gasteiger partial charge in [0, 0.05) is 25.0 Å². The molecule has 1 heterocycles. The maximum absolute atomic E-state index is 12.1. The maximum Gasteiger partial charge on any atom is 0.335 e. The molecule has 1 aromatic heterocycles. The van der Waals surface area contributed by atoms with Gasteiger partial charge in [-0.2, -0.15) is 0 Å². The third kappa shape index (κ3) is 6.58. The van der Waals surface area contributed by atoms with Crippen LogP contribution in [0.1, 0.15) is 30.9 Å². The zero-order chi connectivity index (χ0) is 23.6. The van der Waals surface area contributed by atoms with Crippen molar-refractivity contribution in [3.63, 3.8) is 0 Å². The van der Waals surface area contributed by atoms with Gasteiger partial charge in [0.05, 0.1) is 26.0 Å². The van der Waals surface area contributed by atoms with E-state index in [1.54, 1.807) is 14.0 Å². The fourth-order valence-corrected chi connectivity index (χ4v) is 3.44. The van der Waals surface area contributed by atoms with Gasteiger partial charge in [-0.3, -0.25) is 0 Å². The van der Waals surface area contributed by atoms with E-state index in [1.165, 1.54) is 0 Å². The van der Waals surface area contributed by atoms with Crippen molar-refractivity contribution < 1.29 is 28.2 Å². The molecular formula is C26H31NO6. The topological polar surface area (TPSA) is 80.0 Å². The van der Waals surface area contributed by atoms with Crippen LogP contribution in [-0.2, 0) is 27.1 Å². The SMILES string of the molecule is CCOC(=O)C(Cc1ccc(OCCc2nc(-c3ccccc3)oc2C)c(OC)c1)OCC. The zero-order valence-electron chi connectivity index (χ0n) is 19.6. The minimum atomic E-state index is -0.652. The normalized spacial score (nSPS) is 11.8. The minimum absolute atomic E-state index is 0.316. The third-order valence-electron chi connectivity index (χ3n) is 5.08. The van der Waals surface area contributed by atoms with E-state index in [9.17, 15) is 4.79 Å². The summed E-state index contributed by atoms with van der Waals surface area (Å²) in [5.41, 5.74) is 2.70. The van der Waals surface area contributed by atoms with Crippen molar-refractivity contribution in [2.24, 2.45) is 0 Å². The maximum atomic E-state index is 12.1. The molecule has 0 N–H and O–H groups in total. The van der Waals surface area contributed by atoms with Crippen molar-refractivity contribution in [3.05, 3.63) is 65.5 Å². The number of carbonyl (C=O) groups is 1. The first kappa shape index (κ1) is 24.3. The van der Waals surface area contributed by atoms with Crippen molar-refractivity contribution >= 4 is 5.97 Å². The van der Waals surface area contributed by atoms with Crippen LogP contribution in [0.3, 0.4) is 0 Å². The van der Waals surface area contributed by atoms with E-state index in [0.717, 1.165) is 22.6 Å². The summed E-state index contributed by atoms with van der Waals surface area (Å²) in [5.74, 6) is 2.23. The summed E-state index contributed by atoms with van der Waals surface area (Å²) < 4.78 is 28.0. The van der Waals surface area contributed by atoms with Crippen LogP contribution in [-0.4, -0.2) is 44.0 Å². The van der Waals surface area contributed by atoms with Gasteiger partial charge in [0.2, 0.25) is 5.89 Å². The van der Waals surface area contributed by atoms with Crippen LogP contribution in [0.5, 0.6) is 11.5 Å². The molecule has 0 spiro atoms. The van der Waals surface area contributed by atoms with E-state index in [4.69, 9.17) is 23.4 Å². The molecule has 0 aliphatic heterocycles. The summed E-state index contributed by atoms with van der Waals surface area (Å²) in [5, 5.41) is 0. The predicted molar refractivity (Wildman–Crippen MR) is 125 cm³/mol. The largest absolute Gasteiger partial charge is 0.493 e. The van der Waals surface area contributed by atoms with Gasteiger partial charge < -0.3 is 23.4 Å². The van der Waals surface area contributed by atoms with Crippen LogP contribution in [0.25, 0.3) is 11.5 Å². The number of oxazole rings is 1. The van der Waals surface area contributed by atoms with Crippen molar-refractivity contribution in [1.82, 2.24) is 4.98 Å². The molecule has 0 saturated carbocycles. The minimum Gasteiger partial charge on any atom is -0.493 e. The summed E-state index contributed by atoms with van der Waals surface area (Å²) in [4.78, 5) is 16.8. The van der Waals surface area contributed by atoms with Gasteiger partial charge in [0.25, 0.3) is 0 Å². The Morgan fingerprint density at radius 2 is 1.85 bits per heavy atom. The summed E-state index contributed by atoms with van der Waals surface area (Å²) in [6.07, 6.45) is 0.340. The number of hydrogen-bond donors (Lipinski definition) is 0. The Bertz CT molecular complexity index is 1030. The number of hydrogen-bond acceptors (Lipinski definition) is 7. The molecule has 3 aromatic rings. The Labute approximate surface area is 194 Å². The number of esters is 1. The van der Waals surface area contributed by atoms with Gasteiger partial charge in [0.1, 0.15) is 5.76 Å². The number of aryl methyl sites for hydroxylation is 1. The second-order valence-electron chi connectivity index (χ2n) is 7.37. The summed E-state index contributed by atoms with van der Waals surface area (Å²) in [7, 11) is 1.59. The molecule has 2 aromatic carbocycles. The number of benzene rings is 2. The molecule has 0 fully saturated rings. The summed E-state index contributed by atoms with van der Waals surface area (Å²) in [6.45, 7) is 6.69. The molecule has 0 aliphatic rings. The first-order chi connectivity index (χ1) is 16.0. The average Bonchev–Trinajstić information content (AvgIpc) is 3.20. The van der Waals surface area contributed by atoms with E-state index in [1.807, 2.05) is 62.4 Å².